The van der Waals surface area contributed by atoms with Gasteiger partial charge in [0.2, 0.25) is 0 Å². The number of fused-ring (bicyclic) bond motifs is 1. The van der Waals surface area contributed by atoms with Crippen molar-refractivity contribution in [2.45, 2.75) is 6.18 Å². The molecule has 0 atom stereocenters. The van der Waals surface area contributed by atoms with Crippen LogP contribution in [0.3, 0.4) is 0 Å². The van der Waals surface area contributed by atoms with E-state index in [2.05, 4.69) is 5.32 Å². The summed E-state index contributed by atoms with van der Waals surface area (Å²) in [4.78, 5) is 12.0. The van der Waals surface area contributed by atoms with Crippen LogP contribution in [0.4, 0.5) is 18.9 Å². The molecule has 112 valence electrons. The first-order valence-electron chi connectivity index (χ1n) is 6.35. The molecule has 0 saturated heterocycles. The third-order valence-electron chi connectivity index (χ3n) is 3.33. The maximum Gasteiger partial charge on any atom is 0.416 e. The summed E-state index contributed by atoms with van der Waals surface area (Å²) in [5.74, 6) is -0.450. The maximum absolute atomic E-state index is 13.0. The Labute approximate surface area is 129 Å². The van der Waals surface area contributed by atoms with Crippen molar-refractivity contribution in [3.8, 4) is 0 Å². The average molecular weight is 324 g/mol. The maximum atomic E-state index is 13.0. The Balaban J connectivity index is 2.15. The fraction of sp³-hybridized carbons (Fsp3) is 0.0625. The zero-order valence-corrected chi connectivity index (χ0v) is 11.8. The number of rotatable bonds is 1. The molecule has 0 fully saturated rings. The lowest BCUT2D eigenvalue weighted by Crippen LogP contribution is -2.08. The van der Waals surface area contributed by atoms with Crippen LogP contribution in [-0.2, 0) is 11.0 Å². The third-order valence-corrected chi connectivity index (χ3v) is 3.57. The molecule has 0 spiro atoms. The molecular weight excluding hydrogens is 315 g/mol. The molecule has 0 aromatic heterocycles. The third kappa shape index (κ3) is 2.60. The fourth-order valence-electron chi connectivity index (χ4n) is 2.34. The summed E-state index contributed by atoms with van der Waals surface area (Å²) in [5, 5.41) is 3.01. The first kappa shape index (κ1) is 14.7. The number of amides is 1. The summed E-state index contributed by atoms with van der Waals surface area (Å²) in [6.07, 6.45) is -3.25. The quantitative estimate of drug-likeness (QED) is 0.747. The van der Waals surface area contributed by atoms with Crippen LogP contribution in [0.15, 0.2) is 42.5 Å². The number of alkyl halides is 3. The second kappa shape index (κ2) is 5.18. The lowest BCUT2D eigenvalue weighted by atomic mass is 10.0. The predicted octanol–water partition coefficient (Wildman–Crippen LogP) is 4.85. The van der Waals surface area contributed by atoms with Gasteiger partial charge in [-0.2, -0.15) is 13.2 Å². The van der Waals surface area contributed by atoms with Gasteiger partial charge in [-0.15, -0.1) is 0 Å². The molecule has 1 aliphatic heterocycles. The summed E-state index contributed by atoms with van der Waals surface area (Å²) in [6.45, 7) is 0. The van der Waals surface area contributed by atoms with E-state index in [1.54, 1.807) is 18.2 Å². The standard InChI is InChI=1S/C16H9ClF3NO/c17-10-5-6-14-11(8-10)12(15(22)21-14)7-9-3-1-2-4-13(9)16(18,19)20/h1-8H,(H,21,22)/b12-7+. The van der Waals surface area contributed by atoms with E-state index in [4.69, 9.17) is 11.6 Å². The number of nitrogens with one attached hydrogen (secondary N) is 1. The molecule has 1 heterocycles. The zero-order valence-electron chi connectivity index (χ0n) is 11.0. The minimum atomic E-state index is -4.49. The van der Waals surface area contributed by atoms with E-state index in [9.17, 15) is 18.0 Å². The largest absolute Gasteiger partial charge is 0.416 e. The highest BCUT2D eigenvalue weighted by Crippen LogP contribution is 2.37. The normalized spacial score (nSPS) is 15.8. The molecule has 22 heavy (non-hydrogen) atoms. The topological polar surface area (TPSA) is 29.1 Å². The molecule has 0 saturated carbocycles. The summed E-state index contributed by atoms with van der Waals surface area (Å²) in [5.41, 5.74) is 0.340. The molecule has 0 unspecified atom stereocenters. The van der Waals surface area contributed by atoms with Crippen LogP contribution in [0.2, 0.25) is 5.02 Å². The van der Waals surface area contributed by atoms with Crippen LogP contribution in [0.5, 0.6) is 0 Å². The molecule has 0 bridgehead atoms. The Bertz CT molecular complexity index is 796. The van der Waals surface area contributed by atoms with Gasteiger partial charge in [0.15, 0.2) is 0 Å². The van der Waals surface area contributed by atoms with Gasteiger partial charge in [0.25, 0.3) is 5.91 Å². The van der Waals surface area contributed by atoms with Gasteiger partial charge >= 0.3 is 6.18 Å². The van der Waals surface area contributed by atoms with E-state index < -0.39 is 17.6 Å². The highest BCUT2D eigenvalue weighted by atomic mass is 35.5. The lowest BCUT2D eigenvalue weighted by Gasteiger charge is -2.10. The van der Waals surface area contributed by atoms with Crippen molar-refractivity contribution in [2.75, 3.05) is 5.32 Å². The van der Waals surface area contributed by atoms with Crippen LogP contribution in [0.25, 0.3) is 11.6 Å². The van der Waals surface area contributed by atoms with E-state index in [0.717, 1.165) is 6.07 Å². The number of hydrogen-bond acceptors (Lipinski definition) is 1. The minimum Gasteiger partial charge on any atom is -0.321 e. The van der Waals surface area contributed by atoms with Crippen molar-refractivity contribution in [3.05, 3.63) is 64.2 Å². The minimum absolute atomic E-state index is 0.0621. The first-order valence-corrected chi connectivity index (χ1v) is 6.73. The van der Waals surface area contributed by atoms with Gasteiger partial charge in [-0.1, -0.05) is 29.8 Å². The summed E-state index contributed by atoms with van der Waals surface area (Å²) >= 11 is 5.90. The second-order valence-corrected chi connectivity index (χ2v) is 5.22. The number of carbonyl (C=O) groups excluding carboxylic acids is 1. The summed E-state index contributed by atoms with van der Waals surface area (Å²) in [7, 11) is 0. The van der Waals surface area contributed by atoms with Crippen LogP contribution < -0.4 is 5.32 Å². The fourth-order valence-corrected chi connectivity index (χ4v) is 2.51. The van der Waals surface area contributed by atoms with Crippen LogP contribution in [-0.4, -0.2) is 5.91 Å². The molecule has 3 rings (SSSR count). The number of carbonyl (C=O) groups is 1. The molecule has 1 amide bonds. The average Bonchev–Trinajstić information content (AvgIpc) is 2.74. The van der Waals surface area contributed by atoms with Crippen molar-refractivity contribution in [1.29, 1.82) is 0 Å². The van der Waals surface area contributed by atoms with Crippen LogP contribution >= 0.6 is 11.6 Å². The Morgan fingerprint density at radius 1 is 1.09 bits per heavy atom. The highest BCUT2D eigenvalue weighted by Gasteiger charge is 2.33. The Morgan fingerprint density at radius 2 is 1.82 bits per heavy atom. The number of benzene rings is 2. The molecule has 0 aliphatic carbocycles. The molecule has 1 N–H and O–H groups in total. The van der Waals surface area contributed by atoms with E-state index in [0.29, 0.717) is 16.3 Å². The van der Waals surface area contributed by atoms with Gasteiger partial charge in [-0.3, -0.25) is 4.79 Å². The Morgan fingerprint density at radius 3 is 2.55 bits per heavy atom. The molecule has 2 nitrogen and oxygen atoms in total. The second-order valence-electron chi connectivity index (χ2n) is 4.79. The van der Waals surface area contributed by atoms with E-state index in [1.807, 2.05) is 0 Å². The van der Waals surface area contributed by atoms with Gasteiger partial charge in [0, 0.05) is 21.8 Å². The lowest BCUT2D eigenvalue weighted by molar-refractivity contribution is -0.137. The van der Waals surface area contributed by atoms with E-state index in [1.165, 1.54) is 24.3 Å². The zero-order chi connectivity index (χ0) is 15.9. The molecule has 6 heteroatoms. The van der Waals surface area contributed by atoms with Gasteiger partial charge < -0.3 is 5.32 Å². The number of hydrogen-bond donors (Lipinski definition) is 1. The smallest absolute Gasteiger partial charge is 0.321 e. The van der Waals surface area contributed by atoms with Gasteiger partial charge in [-0.25, -0.2) is 0 Å². The van der Waals surface area contributed by atoms with E-state index in [-0.39, 0.29) is 11.1 Å². The summed E-state index contributed by atoms with van der Waals surface area (Å²) < 4.78 is 39.1. The van der Waals surface area contributed by atoms with Gasteiger partial charge in [0.1, 0.15) is 0 Å². The molecule has 0 radical (unpaired) electrons. The highest BCUT2D eigenvalue weighted by molar-refractivity contribution is 6.36. The van der Waals surface area contributed by atoms with Crippen molar-refractivity contribution >= 4 is 34.8 Å². The van der Waals surface area contributed by atoms with Crippen LogP contribution in [0, 0.1) is 0 Å². The number of anilines is 1. The molecule has 1 aliphatic rings. The molecule has 2 aromatic rings. The van der Waals surface area contributed by atoms with Gasteiger partial charge in [-0.05, 0) is 35.9 Å². The summed E-state index contributed by atoms with van der Waals surface area (Å²) in [6, 6.07) is 9.89. The first-order chi connectivity index (χ1) is 10.4. The van der Waals surface area contributed by atoms with Crippen molar-refractivity contribution in [3.63, 3.8) is 0 Å². The van der Waals surface area contributed by atoms with Crippen molar-refractivity contribution in [2.24, 2.45) is 0 Å². The van der Waals surface area contributed by atoms with Gasteiger partial charge in [0.05, 0.1) is 5.56 Å². The monoisotopic (exact) mass is 323 g/mol. The SMILES string of the molecule is O=C1Nc2ccc(Cl)cc2/C1=C\c1ccccc1C(F)(F)F. The number of halogens is 4. The van der Waals surface area contributed by atoms with E-state index >= 15 is 0 Å². The molecule has 2 aromatic carbocycles. The Hall–Kier alpha value is -2.27. The van der Waals surface area contributed by atoms with Crippen LogP contribution in [0.1, 0.15) is 16.7 Å². The van der Waals surface area contributed by atoms with Crippen molar-refractivity contribution < 1.29 is 18.0 Å². The Kier molecular flexibility index (Phi) is 3.45. The van der Waals surface area contributed by atoms with Crippen molar-refractivity contribution in [1.82, 2.24) is 0 Å². The predicted molar refractivity (Wildman–Crippen MR) is 79.4 cm³/mol. The molecular formula is C16H9ClF3NO.